The molecule has 9 nitrogen and oxygen atoms in total. The Morgan fingerprint density at radius 2 is 1.36 bits per heavy atom. The zero-order valence-corrected chi connectivity index (χ0v) is 27.6. The minimum atomic E-state index is -1.10. The van der Waals surface area contributed by atoms with Gasteiger partial charge in [0.1, 0.15) is 17.5 Å². The number of aliphatic hydroxyl groups is 1. The third kappa shape index (κ3) is 11.7. The fraction of sp³-hybridized carbons (Fsp3) is 0.448. The standard InChI is InChI=1S/2C13H15NO3S.C3H8O.2ClH/c2*1-13(2)11(12(16)17)14-10(18-13)7-8-5-3-4-6-9(8)15;1-3(2)4;;/h2*3-6,11,15H,7H2,1-2H3,(H,16,17);3-4H,1-2H3;2*1H/t2*11-;;;/m11.../s1. The number of carbonyl (C=O) groups is 2. The minimum absolute atomic E-state index is 0. The molecule has 42 heavy (non-hydrogen) atoms. The molecule has 2 heterocycles. The van der Waals surface area contributed by atoms with Crippen molar-refractivity contribution < 1.29 is 40.1 Å². The van der Waals surface area contributed by atoms with Crippen molar-refractivity contribution in [1.82, 2.24) is 0 Å². The molecule has 0 amide bonds. The molecule has 0 aromatic heterocycles. The number of aliphatic hydroxyl groups excluding tert-OH is 1. The van der Waals surface area contributed by atoms with Crippen LogP contribution in [0.15, 0.2) is 53.5 Å². The number of rotatable bonds is 6. The average molecular weight is 664 g/mol. The van der Waals surface area contributed by atoms with Crippen LogP contribution in [0.3, 0.4) is 0 Å². The second-order valence-corrected chi connectivity index (χ2v) is 14.2. The normalized spacial score (nSPS) is 19.4. The molecule has 0 unspecified atom stereocenters. The number of benzene rings is 2. The highest BCUT2D eigenvalue weighted by molar-refractivity contribution is 8.15. The molecule has 2 aromatic rings. The second kappa shape index (κ2) is 17.0. The molecule has 13 heteroatoms. The largest absolute Gasteiger partial charge is 0.543 e. The molecule has 2 aliphatic rings. The highest BCUT2D eigenvalue weighted by atomic mass is 35.5. The van der Waals surface area contributed by atoms with Crippen molar-refractivity contribution in [3.63, 3.8) is 0 Å². The van der Waals surface area contributed by atoms with E-state index in [2.05, 4.69) is 9.98 Å². The van der Waals surface area contributed by atoms with Crippen LogP contribution in [-0.2, 0) is 22.4 Å². The van der Waals surface area contributed by atoms with E-state index in [1.54, 1.807) is 38.1 Å². The van der Waals surface area contributed by atoms with Gasteiger partial charge < -0.3 is 30.3 Å². The third-order valence-electron chi connectivity index (χ3n) is 5.84. The number of carboxylic acid groups (broad SMARTS) is 2. The second-order valence-electron chi connectivity index (χ2n) is 10.7. The average Bonchev–Trinajstić information content (AvgIpc) is 3.30. The number of nitrogens with zero attached hydrogens (tertiary/aromatic N) is 1. The Bertz CT molecular complexity index is 1170. The Morgan fingerprint density at radius 1 is 0.905 bits per heavy atom. The van der Waals surface area contributed by atoms with Crippen molar-refractivity contribution in [3.05, 3.63) is 59.7 Å². The fourth-order valence-corrected chi connectivity index (χ4v) is 6.52. The van der Waals surface area contributed by atoms with E-state index in [1.165, 1.54) is 23.5 Å². The number of carboxylic acids is 2. The lowest BCUT2D eigenvalue weighted by atomic mass is 10.0. The number of hydrogen-bond donors (Lipinski definition) is 5. The maximum Gasteiger partial charge on any atom is 0.329 e. The van der Waals surface area contributed by atoms with E-state index in [4.69, 9.17) is 10.2 Å². The van der Waals surface area contributed by atoms with Gasteiger partial charge in [-0.3, -0.25) is 4.99 Å². The molecule has 0 saturated heterocycles. The molecule has 0 saturated carbocycles. The topological polar surface area (TPSA) is 164 Å². The van der Waals surface area contributed by atoms with Gasteiger partial charge in [0.2, 0.25) is 11.1 Å². The Kier molecular flexibility index (Phi) is 16.0. The minimum Gasteiger partial charge on any atom is -0.543 e. The molecule has 0 fully saturated rings. The summed E-state index contributed by atoms with van der Waals surface area (Å²) in [5.41, 5.74) is 1.55. The Morgan fingerprint density at radius 3 is 1.74 bits per heavy atom. The van der Waals surface area contributed by atoms with Crippen molar-refractivity contribution in [2.75, 3.05) is 0 Å². The summed E-state index contributed by atoms with van der Waals surface area (Å²) in [6.45, 7) is 10.9. The first kappa shape index (κ1) is 39.6. The maximum absolute atomic E-state index is 11.1. The number of halogens is 2. The molecule has 2 atom stereocenters. The molecule has 234 valence electrons. The van der Waals surface area contributed by atoms with E-state index in [-0.39, 0.29) is 42.4 Å². The molecule has 5 N–H and O–H groups in total. The van der Waals surface area contributed by atoms with Crippen LogP contribution < -0.4 is 10.1 Å². The number of phenolic OH excluding ortho intramolecular Hbond substituents is 2. The first-order valence-corrected chi connectivity index (χ1v) is 14.4. The van der Waals surface area contributed by atoms with Gasteiger partial charge in [-0.05, 0) is 65.4 Å². The predicted molar refractivity (Wildman–Crippen MR) is 172 cm³/mol. The van der Waals surface area contributed by atoms with Gasteiger partial charge in [0.25, 0.3) is 0 Å². The SMILES string of the molecule is CC(C)O.CC1(C)SC(Cc2ccccc2O)=N[C@@H]1C(=O)O.CC1(C)SC(Cc2ccccc2O)=[NH+][C@@H]1C(=O)[O-].Cl.Cl. The Hall–Kier alpha value is -2.44. The van der Waals surface area contributed by atoms with Crippen LogP contribution in [-0.4, -0.2) is 70.1 Å². The molecule has 0 aliphatic carbocycles. The molecule has 2 aliphatic heterocycles. The number of thioether (sulfide) groups is 2. The summed E-state index contributed by atoms with van der Waals surface area (Å²) in [5.74, 6) is -1.56. The number of aromatic hydroxyl groups is 2. The lowest BCUT2D eigenvalue weighted by molar-refractivity contribution is -0.505. The number of nitrogens with one attached hydrogen (secondary N) is 1. The molecule has 0 bridgehead atoms. The Balaban J connectivity index is 0.000000682. The monoisotopic (exact) mass is 662 g/mol. The van der Waals surface area contributed by atoms with Gasteiger partial charge in [-0.25, -0.2) is 9.79 Å². The van der Waals surface area contributed by atoms with E-state index >= 15 is 0 Å². The van der Waals surface area contributed by atoms with Gasteiger partial charge in [-0.2, -0.15) is 0 Å². The summed E-state index contributed by atoms with van der Waals surface area (Å²) in [4.78, 5) is 29.4. The van der Waals surface area contributed by atoms with Crippen LogP contribution in [0.1, 0.15) is 52.7 Å². The van der Waals surface area contributed by atoms with Gasteiger partial charge in [-0.1, -0.05) is 36.4 Å². The van der Waals surface area contributed by atoms with E-state index in [1.807, 2.05) is 52.0 Å². The van der Waals surface area contributed by atoms with Crippen LogP contribution in [0.4, 0.5) is 0 Å². The van der Waals surface area contributed by atoms with Gasteiger partial charge in [0.15, 0.2) is 6.04 Å². The maximum atomic E-state index is 11.1. The molecule has 0 spiro atoms. The molecular formula is C29H40Cl2N2O7S2. The molecule has 4 rings (SSSR count). The van der Waals surface area contributed by atoms with Gasteiger partial charge in [-0.15, -0.1) is 36.6 Å². The van der Waals surface area contributed by atoms with Crippen molar-refractivity contribution in [2.45, 2.75) is 82.1 Å². The van der Waals surface area contributed by atoms with E-state index in [9.17, 15) is 24.9 Å². The summed E-state index contributed by atoms with van der Waals surface area (Å²) < 4.78 is -0.885. The van der Waals surface area contributed by atoms with E-state index in [0.717, 1.165) is 21.2 Å². The molecule has 0 radical (unpaired) electrons. The first-order valence-electron chi connectivity index (χ1n) is 12.8. The summed E-state index contributed by atoms with van der Waals surface area (Å²) in [6.07, 6.45) is 0.815. The zero-order chi connectivity index (χ0) is 30.3. The van der Waals surface area contributed by atoms with Crippen LogP contribution in [0.25, 0.3) is 0 Å². The van der Waals surface area contributed by atoms with Gasteiger partial charge in [0, 0.05) is 28.4 Å². The highest BCUT2D eigenvalue weighted by Gasteiger charge is 2.44. The van der Waals surface area contributed by atoms with Gasteiger partial charge >= 0.3 is 5.97 Å². The molecular weight excluding hydrogens is 623 g/mol. The summed E-state index contributed by atoms with van der Waals surface area (Å²) >= 11 is 2.95. The zero-order valence-electron chi connectivity index (χ0n) is 24.4. The summed E-state index contributed by atoms with van der Waals surface area (Å²) in [6, 6.07) is 12.7. The lowest BCUT2D eigenvalue weighted by Crippen LogP contribution is -2.83. The lowest BCUT2D eigenvalue weighted by Gasteiger charge is -2.20. The number of hydrogen-bond acceptors (Lipinski definition) is 9. The summed E-state index contributed by atoms with van der Waals surface area (Å²) in [7, 11) is 0. The number of carbonyl (C=O) groups excluding carboxylic acids is 1. The van der Waals surface area contributed by atoms with Crippen molar-refractivity contribution >= 4 is 70.4 Å². The van der Waals surface area contributed by atoms with Crippen molar-refractivity contribution in [2.24, 2.45) is 4.99 Å². The Labute approximate surface area is 267 Å². The van der Waals surface area contributed by atoms with Crippen LogP contribution in [0.2, 0.25) is 0 Å². The fourth-order valence-electron chi connectivity index (χ4n) is 3.95. The van der Waals surface area contributed by atoms with Gasteiger partial charge in [0.05, 0.1) is 16.2 Å². The van der Waals surface area contributed by atoms with Crippen molar-refractivity contribution in [1.29, 1.82) is 0 Å². The number of aliphatic imine (C=N–C) groups is 1. The van der Waals surface area contributed by atoms with Crippen LogP contribution in [0.5, 0.6) is 11.5 Å². The first-order chi connectivity index (χ1) is 18.5. The van der Waals surface area contributed by atoms with Crippen molar-refractivity contribution in [3.8, 4) is 11.5 Å². The predicted octanol–water partition coefficient (Wildman–Crippen LogP) is 2.60. The van der Waals surface area contributed by atoms with E-state index < -0.39 is 33.5 Å². The van der Waals surface area contributed by atoms with Crippen LogP contribution in [0, 0.1) is 0 Å². The number of aliphatic carboxylic acids is 2. The third-order valence-corrected chi connectivity index (χ3v) is 8.35. The van der Waals surface area contributed by atoms with E-state index in [0.29, 0.717) is 12.8 Å². The van der Waals surface area contributed by atoms with Crippen LogP contribution >= 0.6 is 48.3 Å². The number of para-hydroxylation sites is 2. The summed E-state index contributed by atoms with van der Waals surface area (Å²) in [5, 5.41) is 49.2. The quantitative estimate of drug-likeness (QED) is 0.313. The highest BCUT2D eigenvalue weighted by Crippen LogP contribution is 2.39. The smallest absolute Gasteiger partial charge is 0.329 e. The molecule has 2 aromatic carbocycles. The number of phenols is 2.